The number of likely N-dealkylation sites (N-methyl/N-ethyl adjacent to an activating group) is 1. The van der Waals surface area contributed by atoms with Gasteiger partial charge < -0.3 is 20.3 Å². The number of nitrogens with zero attached hydrogens (tertiary/aromatic N) is 5. The number of anilines is 2. The summed E-state index contributed by atoms with van der Waals surface area (Å²) in [5.41, 5.74) is 8.02. The first-order valence-electron chi connectivity index (χ1n) is 10.3. The van der Waals surface area contributed by atoms with Crippen LogP contribution in [-0.4, -0.2) is 57.7 Å². The summed E-state index contributed by atoms with van der Waals surface area (Å²) in [6.07, 6.45) is 3.25. The topological polar surface area (TPSA) is 97.5 Å². The van der Waals surface area contributed by atoms with Gasteiger partial charge in [-0.15, -0.1) is 0 Å². The Morgan fingerprint density at radius 1 is 1.34 bits per heavy atom. The third-order valence-electron chi connectivity index (χ3n) is 4.69. The van der Waals surface area contributed by atoms with Crippen LogP contribution in [0, 0.1) is 0 Å². The average Bonchev–Trinajstić information content (AvgIpc) is 3.16. The Hall–Kier alpha value is -2.64. The van der Waals surface area contributed by atoms with Crippen molar-refractivity contribution in [2.45, 2.75) is 66.0 Å². The molecule has 0 aromatic carbocycles. The van der Waals surface area contributed by atoms with Crippen LogP contribution in [-0.2, 0) is 11.2 Å². The second-order valence-corrected chi connectivity index (χ2v) is 7.95. The van der Waals surface area contributed by atoms with Crippen LogP contribution in [0.25, 0.3) is 11.0 Å². The number of nitrogens with two attached hydrogens (primary N) is 1. The molecule has 2 aromatic heterocycles. The average molecular weight is 403 g/mol. The number of aromatic nitrogens is 3. The van der Waals surface area contributed by atoms with Crippen molar-refractivity contribution in [3.05, 3.63) is 17.8 Å². The molecule has 3 rings (SSSR count). The van der Waals surface area contributed by atoms with E-state index in [9.17, 15) is 4.79 Å². The maximum absolute atomic E-state index is 12.4. The van der Waals surface area contributed by atoms with Gasteiger partial charge in [-0.2, -0.15) is 4.98 Å². The zero-order valence-electron chi connectivity index (χ0n) is 18.7. The molecule has 0 bridgehead atoms. The first kappa shape index (κ1) is 22.6. The van der Waals surface area contributed by atoms with Crippen molar-refractivity contribution >= 4 is 28.9 Å². The predicted molar refractivity (Wildman–Crippen MR) is 117 cm³/mol. The van der Waals surface area contributed by atoms with Gasteiger partial charge in [0, 0.05) is 26.3 Å². The van der Waals surface area contributed by atoms with E-state index < -0.39 is 5.60 Å². The Morgan fingerprint density at radius 2 is 2.03 bits per heavy atom. The Balaban J connectivity index is 0.00000145. The number of carbonyl (C=O) groups excluding carboxylic acids is 1. The molecule has 1 aliphatic rings. The summed E-state index contributed by atoms with van der Waals surface area (Å²) in [7, 11) is 1.78. The summed E-state index contributed by atoms with van der Waals surface area (Å²) >= 11 is 0. The highest BCUT2D eigenvalue weighted by atomic mass is 16.6. The van der Waals surface area contributed by atoms with Crippen LogP contribution in [0.2, 0.25) is 0 Å². The smallest absolute Gasteiger partial charge is 0.410 e. The number of carbonyl (C=O) groups is 1. The zero-order valence-corrected chi connectivity index (χ0v) is 18.7. The van der Waals surface area contributed by atoms with Crippen molar-refractivity contribution in [3.63, 3.8) is 0 Å². The maximum Gasteiger partial charge on any atom is 0.410 e. The van der Waals surface area contributed by atoms with Crippen molar-refractivity contribution in [3.8, 4) is 0 Å². The lowest BCUT2D eigenvalue weighted by molar-refractivity contribution is 0.0238. The number of ether oxygens (including phenoxy) is 1. The lowest BCUT2D eigenvalue weighted by atomic mass is 10.2. The largest absolute Gasteiger partial charge is 0.444 e. The number of hydrogen-bond donors (Lipinski definition) is 1. The van der Waals surface area contributed by atoms with Gasteiger partial charge in [-0.25, -0.2) is 9.78 Å². The monoisotopic (exact) mass is 402 g/mol. The molecule has 2 N–H and O–H groups in total. The van der Waals surface area contributed by atoms with E-state index in [1.807, 2.05) is 46.9 Å². The van der Waals surface area contributed by atoms with Crippen molar-refractivity contribution in [1.29, 1.82) is 0 Å². The molecule has 8 heteroatoms. The van der Waals surface area contributed by atoms with Gasteiger partial charge in [0.05, 0.1) is 11.6 Å². The number of pyridine rings is 1. The van der Waals surface area contributed by atoms with Gasteiger partial charge in [0.2, 0.25) is 5.95 Å². The molecule has 160 valence electrons. The molecule has 3 heterocycles. The van der Waals surface area contributed by atoms with Crippen molar-refractivity contribution in [1.82, 2.24) is 19.9 Å². The third kappa shape index (κ3) is 5.46. The van der Waals surface area contributed by atoms with Crippen LogP contribution >= 0.6 is 0 Å². The van der Waals surface area contributed by atoms with Crippen LogP contribution < -0.4 is 10.6 Å². The van der Waals surface area contributed by atoms with E-state index in [4.69, 9.17) is 10.5 Å². The standard InChI is InChI=1S/C19H28N6O2.C2H6/c1-6-12-9-14-15(21-10-12)16(23-17(20)22-14)25-8-7-13(11-25)24(5)18(26)27-19(2,3)4;1-2/h9-10,13H,6-8,11H2,1-5H3,(H2,20,22,23);1-2H3. The Labute approximate surface area is 173 Å². The highest BCUT2D eigenvalue weighted by Crippen LogP contribution is 2.28. The van der Waals surface area contributed by atoms with E-state index in [0.717, 1.165) is 41.8 Å². The molecular formula is C21H34N6O2. The highest BCUT2D eigenvalue weighted by molar-refractivity contribution is 5.87. The molecule has 1 aliphatic heterocycles. The van der Waals surface area contributed by atoms with Crippen LogP contribution in [0.4, 0.5) is 16.6 Å². The molecule has 1 unspecified atom stereocenters. The third-order valence-corrected chi connectivity index (χ3v) is 4.69. The molecule has 0 aliphatic carbocycles. The van der Waals surface area contributed by atoms with Crippen LogP contribution in [0.3, 0.4) is 0 Å². The minimum atomic E-state index is -0.512. The fraction of sp³-hybridized carbons (Fsp3) is 0.619. The number of rotatable bonds is 3. The van der Waals surface area contributed by atoms with E-state index in [-0.39, 0.29) is 18.1 Å². The fourth-order valence-electron chi connectivity index (χ4n) is 3.21. The van der Waals surface area contributed by atoms with Crippen molar-refractivity contribution in [2.75, 3.05) is 30.8 Å². The van der Waals surface area contributed by atoms with E-state index in [2.05, 4.69) is 26.8 Å². The van der Waals surface area contributed by atoms with Gasteiger partial charge >= 0.3 is 6.09 Å². The number of hydrogen-bond acceptors (Lipinski definition) is 7. The number of aryl methyl sites for hydroxylation is 1. The predicted octanol–water partition coefficient (Wildman–Crippen LogP) is 3.64. The highest BCUT2D eigenvalue weighted by Gasteiger charge is 2.32. The van der Waals surface area contributed by atoms with Crippen molar-refractivity contribution in [2.24, 2.45) is 0 Å². The summed E-state index contributed by atoms with van der Waals surface area (Å²) in [5.74, 6) is 0.955. The number of fused-ring (bicyclic) bond motifs is 1. The molecule has 1 fully saturated rings. The minimum absolute atomic E-state index is 0.0426. The van der Waals surface area contributed by atoms with Gasteiger partial charge in [-0.3, -0.25) is 4.98 Å². The number of amides is 1. The molecule has 1 saturated heterocycles. The Morgan fingerprint density at radius 3 is 2.66 bits per heavy atom. The van der Waals surface area contributed by atoms with Gasteiger partial charge in [-0.05, 0) is 45.2 Å². The molecule has 2 aromatic rings. The Kier molecular flexibility index (Phi) is 7.21. The SMILES string of the molecule is CC.CCc1cnc2c(N3CCC(N(C)C(=O)OC(C)(C)C)C3)nc(N)nc2c1. The van der Waals surface area contributed by atoms with Gasteiger partial charge in [0.15, 0.2) is 5.82 Å². The normalized spacial score (nSPS) is 16.4. The van der Waals surface area contributed by atoms with E-state index in [1.54, 1.807) is 11.9 Å². The van der Waals surface area contributed by atoms with Crippen LogP contribution in [0.5, 0.6) is 0 Å². The van der Waals surface area contributed by atoms with Gasteiger partial charge in [0.1, 0.15) is 11.1 Å². The van der Waals surface area contributed by atoms with Gasteiger partial charge in [-0.1, -0.05) is 20.8 Å². The van der Waals surface area contributed by atoms with Gasteiger partial charge in [0.25, 0.3) is 0 Å². The summed E-state index contributed by atoms with van der Waals surface area (Å²) in [4.78, 5) is 29.5. The quantitative estimate of drug-likeness (QED) is 0.837. The molecule has 0 spiro atoms. The first-order chi connectivity index (χ1) is 13.7. The summed E-state index contributed by atoms with van der Waals surface area (Å²) in [6.45, 7) is 13.1. The lowest BCUT2D eigenvalue weighted by Crippen LogP contribution is -2.42. The fourth-order valence-corrected chi connectivity index (χ4v) is 3.21. The van der Waals surface area contributed by atoms with E-state index >= 15 is 0 Å². The molecule has 0 saturated carbocycles. The second-order valence-electron chi connectivity index (χ2n) is 7.95. The lowest BCUT2D eigenvalue weighted by Gasteiger charge is -2.28. The van der Waals surface area contributed by atoms with E-state index in [0.29, 0.717) is 6.54 Å². The minimum Gasteiger partial charge on any atom is -0.444 e. The number of nitrogen functional groups attached to an aromatic ring is 1. The summed E-state index contributed by atoms with van der Waals surface area (Å²) < 4.78 is 5.48. The molecule has 1 atom stereocenters. The molecular weight excluding hydrogens is 368 g/mol. The van der Waals surface area contributed by atoms with Crippen molar-refractivity contribution < 1.29 is 9.53 Å². The van der Waals surface area contributed by atoms with Crippen LogP contribution in [0.15, 0.2) is 12.3 Å². The van der Waals surface area contributed by atoms with Crippen LogP contribution in [0.1, 0.15) is 53.5 Å². The maximum atomic E-state index is 12.4. The molecule has 29 heavy (non-hydrogen) atoms. The molecule has 8 nitrogen and oxygen atoms in total. The molecule has 0 radical (unpaired) electrons. The summed E-state index contributed by atoms with van der Waals surface area (Å²) in [6, 6.07) is 2.05. The first-order valence-corrected chi connectivity index (χ1v) is 10.3. The molecule has 1 amide bonds. The Bertz CT molecular complexity index is 849. The second kappa shape index (κ2) is 9.24. The zero-order chi connectivity index (χ0) is 21.8. The summed E-state index contributed by atoms with van der Waals surface area (Å²) in [5, 5.41) is 0. The van der Waals surface area contributed by atoms with E-state index in [1.165, 1.54) is 0 Å².